The molecule has 256 valence electrons. The maximum absolute atomic E-state index is 14.6. The van der Waals surface area contributed by atoms with Crippen LogP contribution < -0.4 is 0 Å². The van der Waals surface area contributed by atoms with Crippen LogP contribution in [0.2, 0.25) is 0 Å². The van der Waals surface area contributed by atoms with E-state index in [1.54, 1.807) is 14.0 Å². The Labute approximate surface area is 274 Å². The van der Waals surface area contributed by atoms with Crippen molar-refractivity contribution in [3.8, 4) is 11.8 Å². The van der Waals surface area contributed by atoms with Gasteiger partial charge in [0.25, 0.3) is 0 Å². The lowest BCUT2D eigenvalue weighted by Gasteiger charge is -2.65. The largest absolute Gasteiger partial charge is 0.387 e. The van der Waals surface area contributed by atoms with Gasteiger partial charge in [0.2, 0.25) is 0 Å². The number of ether oxygens (including phenoxy) is 3. The van der Waals surface area contributed by atoms with Gasteiger partial charge in [-0.3, -0.25) is 4.79 Å². The molecule has 7 aliphatic rings. The number of fused-ring (bicyclic) bond motifs is 4. The highest BCUT2D eigenvalue weighted by Gasteiger charge is 2.76. The number of aliphatic hydroxyl groups is 4. The molecule has 8 nitrogen and oxygen atoms in total. The van der Waals surface area contributed by atoms with Crippen LogP contribution in [0.4, 0.5) is 0 Å². The number of hydrogen-bond donors (Lipinski definition) is 4. The van der Waals surface area contributed by atoms with Crippen molar-refractivity contribution in [2.75, 3.05) is 20.3 Å². The molecule has 2 bridgehead atoms. The van der Waals surface area contributed by atoms with Crippen LogP contribution in [-0.2, 0) is 19.0 Å². The van der Waals surface area contributed by atoms with Gasteiger partial charge in [-0.25, -0.2) is 0 Å². The third-order valence-corrected chi connectivity index (χ3v) is 15.1. The van der Waals surface area contributed by atoms with Gasteiger partial charge in [-0.1, -0.05) is 33.6 Å². The summed E-state index contributed by atoms with van der Waals surface area (Å²) in [7, 11) is 1.70. The molecule has 2 heterocycles. The molecule has 0 aromatic rings. The van der Waals surface area contributed by atoms with Crippen LogP contribution in [0, 0.1) is 64.1 Å². The molecule has 4 N–H and O–H groups in total. The van der Waals surface area contributed by atoms with E-state index in [9.17, 15) is 25.2 Å². The van der Waals surface area contributed by atoms with Gasteiger partial charge >= 0.3 is 0 Å². The molecular weight excluding hydrogens is 584 g/mol. The van der Waals surface area contributed by atoms with Gasteiger partial charge in [-0.15, -0.1) is 5.92 Å². The third kappa shape index (κ3) is 4.34. The van der Waals surface area contributed by atoms with Crippen LogP contribution in [0.5, 0.6) is 0 Å². The highest BCUT2D eigenvalue weighted by molar-refractivity contribution is 6.00. The molecule has 46 heavy (non-hydrogen) atoms. The lowest BCUT2D eigenvalue weighted by molar-refractivity contribution is -0.216. The molecule has 8 heteroatoms. The average molecular weight is 641 g/mol. The van der Waals surface area contributed by atoms with Crippen molar-refractivity contribution in [3.05, 3.63) is 11.1 Å². The molecule has 1 saturated heterocycles. The minimum atomic E-state index is -1.57. The van der Waals surface area contributed by atoms with Gasteiger partial charge < -0.3 is 34.6 Å². The summed E-state index contributed by atoms with van der Waals surface area (Å²) >= 11 is 0. The van der Waals surface area contributed by atoms with E-state index >= 15 is 0 Å². The second kappa shape index (κ2) is 11.4. The Morgan fingerprint density at radius 3 is 2.43 bits per heavy atom. The van der Waals surface area contributed by atoms with E-state index in [-0.39, 0.29) is 52.8 Å². The monoisotopic (exact) mass is 640 g/mol. The van der Waals surface area contributed by atoms with E-state index in [1.807, 2.05) is 13.8 Å². The Hall–Kier alpha value is -1.31. The molecule has 0 radical (unpaired) electrons. The van der Waals surface area contributed by atoms with Crippen LogP contribution in [0.3, 0.4) is 0 Å². The molecule has 4 fully saturated rings. The van der Waals surface area contributed by atoms with E-state index in [0.717, 1.165) is 36.8 Å². The van der Waals surface area contributed by atoms with Gasteiger partial charge in [-0.2, -0.15) is 0 Å². The first-order chi connectivity index (χ1) is 21.7. The Kier molecular flexibility index (Phi) is 8.20. The zero-order chi connectivity index (χ0) is 33.0. The number of allylic oxidation sites excluding steroid dienone is 1. The summed E-state index contributed by atoms with van der Waals surface area (Å²) in [6.45, 7) is 11.4. The van der Waals surface area contributed by atoms with E-state index < -0.39 is 47.0 Å². The summed E-state index contributed by atoms with van der Waals surface area (Å²) in [6.07, 6.45) is 3.00. The zero-order valence-corrected chi connectivity index (χ0v) is 28.6. The molecule has 2 aliphatic heterocycles. The first-order valence-corrected chi connectivity index (χ1v) is 18.1. The minimum absolute atomic E-state index is 0.0262. The van der Waals surface area contributed by atoms with Crippen LogP contribution in [0.25, 0.3) is 0 Å². The maximum Gasteiger partial charge on any atom is 0.162 e. The van der Waals surface area contributed by atoms with Crippen LogP contribution >= 0.6 is 0 Å². The molecule has 0 unspecified atom stereocenters. The smallest absolute Gasteiger partial charge is 0.162 e. The predicted molar refractivity (Wildman–Crippen MR) is 171 cm³/mol. The maximum atomic E-state index is 14.6. The molecule has 3 saturated carbocycles. The van der Waals surface area contributed by atoms with Crippen LogP contribution in [0.15, 0.2) is 11.1 Å². The highest BCUT2D eigenvalue weighted by atomic mass is 16.5. The van der Waals surface area contributed by atoms with E-state index in [4.69, 9.17) is 14.2 Å². The number of Topliss-reactive ketones (excluding diaryl/α,β-unsaturated/α-hetero) is 1. The number of ketones is 1. The molecule has 0 aromatic carbocycles. The molecule has 0 aromatic heterocycles. The van der Waals surface area contributed by atoms with Gasteiger partial charge in [0.05, 0.1) is 29.5 Å². The van der Waals surface area contributed by atoms with E-state index in [0.29, 0.717) is 45.3 Å². The summed E-state index contributed by atoms with van der Waals surface area (Å²) in [6, 6.07) is 0. The van der Waals surface area contributed by atoms with Crippen molar-refractivity contribution < 1.29 is 39.4 Å². The van der Waals surface area contributed by atoms with Crippen molar-refractivity contribution in [1.82, 2.24) is 0 Å². The van der Waals surface area contributed by atoms with Crippen molar-refractivity contribution in [1.29, 1.82) is 0 Å². The molecule has 7 rings (SSSR count). The first kappa shape index (κ1) is 33.2. The SMILES string of the molecule is COCCCO[C@H]1CC[C@@]2(C)[C@@H](C1)C(=O)C1=C3[C@@H]2C[C@@H]2CC#C[C@@H](O)[C@H]4O[C@@H]([C@H](C)[C@H]4C)[C@@H](O)[C@@](C)(O)[C@H]4C[C@H](CC1)[C@]3(O)[C@]24C. The first-order valence-electron chi connectivity index (χ1n) is 18.1. The Balaban J connectivity index is 1.32. The number of rotatable bonds is 5. The van der Waals surface area contributed by atoms with E-state index in [2.05, 4.69) is 25.7 Å². The third-order valence-electron chi connectivity index (χ3n) is 15.1. The van der Waals surface area contributed by atoms with Crippen molar-refractivity contribution in [3.63, 3.8) is 0 Å². The molecule has 5 aliphatic carbocycles. The lowest BCUT2D eigenvalue weighted by Crippen LogP contribution is -2.68. The van der Waals surface area contributed by atoms with Crippen molar-refractivity contribution >= 4 is 5.78 Å². The predicted octanol–water partition coefficient (Wildman–Crippen LogP) is 3.82. The number of carbonyl (C=O) groups is 1. The number of hydrogen-bond acceptors (Lipinski definition) is 8. The Morgan fingerprint density at radius 1 is 0.957 bits per heavy atom. The fourth-order valence-corrected chi connectivity index (χ4v) is 12.2. The highest BCUT2D eigenvalue weighted by Crippen LogP contribution is 2.75. The molecular formula is C38H56O8. The van der Waals surface area contributed by atoms with E-state index in [1.165, 1.54) is 0 Å². The Bertz CT molecular complexity index is 1330. The summed E-state index contributed by atoms with van der Waals surface area (Å²) in [5, 5.41) is 49.1. The van der Waals surface area contributed by atoms with Crippen molar-refractivity contribution in [2.45, 2.75) is 134 Å². The van der Waals surface area contributed by atoms with Gasteiger partial charge in [0.1, 0.15) is 12.2 Å². The van der Waals surface area contributed by atoms with Gasteiger partial charge in [0.15, 0.2) is 5.78 Å². The zero-order valence-electron chi connectivity index (χ0n) is 28.6. The number of methoxy groups -OCH3 is 1. The molecule has 16 atom stereocenters. The van der Waals surface area contributed by atoms with Gasteiger partial charge in [-0.05, 0) is 110 Å². The average Bonchev–Trinajstić information content (AvgIpc) is 3.45. The van der Waals surface area contributed by atoms with Crippen LogP contribution in [0.1, 0.15) is 92.4 Å². The lowest BCUT2D eigenvalue weighted by atomic mass is 9.40. The minimum Gasteiger partial charge on any atom is -0.387 e. The summed E-state index contributed by atoms with van der Waals surface area (Å²) in [4.78, 5) is 14.6. The summed E-state index contributed by atoms with van der Waals surface area (Å²) < 4.78 is 17.8. The normalized spacial score (nSPS) is 54.3. The summed E-state index contributed by atoms with van der Waals surface area (Å²) in [5.74, 6) is 5.70. The fourth-order valence-electron chi connectivity index (χ4n) is 12.2. The van der Waals surface area contributed by atoms with Gasteiger partial charge in [0, 0.05) is 38.1 Å². The second-order valence-electron chi connectivity index (χ2n) is 16.9. The standard InChI is InChI=1S/C38H56O8/c1-20-21(2)33-34(41)37(5,42)29-18-23-11-12-25-30-26(35(3)14-13-24(19-27(35)31(25)40)45-16-8-15-44-6)17-22(36(29,4)38(23,30)43)9-7-10-28(39)32(20)46-33/h20-24,26-29,32-34,39,41-43H,8-9,11-19H2,1-6H3/t20-,21-,22+,23+,24+,26+,27+,28-,29+,32+,33+,34-,35-,36-,37+,38-/m1/s1. The quantitative estimate of drug-likeness (QED) is 0.264. The number of aliphatic hydroxyl groups excluding tert-OH is 2. The van der Waals surface area contributed by atoms with Crippen molar-refractivity contribution in [2.24, 2.45) is 52.3 Å². The summed E-state index contributed by atoms with van der Waals surface area (Å²) in [5.41, 5.74) is -2.24. The number of carbonyl (C=O) groups excluding carboxylic acids is 1. The second-order valence-corrected chi connectivity index (χ2v) is 16.9. The van der Waals surface area contributed by atoms with Crippen LogP contribution in [-0.4, -0.2) is 88.3 Å². The molecule has 0 spiro atoms. The topological polar surface area (TPSA) is 126 Å². The molecule has 0 amide bonds. The Morgan fingerprint density at radius 2 is 1.70 bits per heavy atom. The fraction of sp³-hybridized carbons (Fsp3) is 0.868.